The highest BCUT2D eigenvalue weighted by Crippen LogP contribution is 2.15. The molecule has 1 N–H and O–H groups in total. The first-order valence-electron chi connectivity index (χ1n) is 6.00. The first-order chi connectivity index (χ1) is 9.43. The lowest BCUT2D eigenvalue weighted by Crippen LogP contribution is -2.28. The van der Waals surface area contributed by atoms with Crippen molar-refractivity contribution in [1.29, 1.82) is 0 Å². The van der Waals surface area contributed by atoms with Crippen molar-refractivity contribution in [2.45, 2.75) is 19.5 Å². The molecule has 0 aliphatic heterocycles. The third-order valence-electron chi connectivity index (χ3n) is 2.43. The zero-order valence-corrected chi connectivity index (χ0v) is 12.3. The number of benzene rings is 1. The number of hydrogen-bond acceptors (Lipinski definition) is 3. The highest BCUT2D eigenvalue weighted by Gasteiger charge is 2.09. The van der Waals surface area contributed by atoms with Gasteiger partial charge in [0.2, 0.25) is 10.0 Å². The summed E-state index contributed by atoms with van der Waals surface area (Å²) < 4.78 is 53.5. The molecule has 0 aromatic heterocycles. The van der Waals surface area contributed by atoms with E-state index >= 15 is 0 Å². The van der Waals surface area contributed by atoms with Gasteiger partial charge < -0.3 is 4.74 Å². The molecule has 0 saturated carbocycles. The molecule has 0 atom stereocenters. The van der Waals surface area contributed by atoms with Gasteiger partial charge in [-0.05, 0) is 30.5 Å². The monoisotopic (exact) mass is 327 g/mol. The van der Waals surface area contributed by atoms with E-state index in [1.165, 1.54) is 12.1 Å². The average molecular weight is 328 g/mol. The fourth-order valence-electron chi connectivity index (χ4n) is 1.51. The topological polar surface area (TPSA) is 55.4 Å². The number of ether oxygens (including phenoxy) is 1. The molecule has 0 heterocycles. The second kappa shape index (κ2) is 8.39. The van der Waals surface area contributed by atoms with Gasteiger partial charge in [-0.15, -0.1) is 11.6 Å². The van der Waals surface area contributed by atoms with E-state index in [1.54, 1.807) is 12.1 Å². The number of alkyl halides is 3. The molecule has 0 bridgehead atoms. The predicted molar refractivity (Wildman–Crippen MR) is 73.9 cm³/mol. The Bertz CT molecular complexity index is 494. The van der Waals surface area contributed by atoms with Gasteiger partial charge in [0.25, 0.3) is 0 Å². The molecule has 1 rings (SSSR count). The van der Waals surface area contributed by atoms with Gasteiger partial charge in [0.1, 0.15) is 5.75 Å². The van der Waals surface area contributed by atoms with Crippen molar-refractivity contribution in [1.82, 2.24) is 4.72 Å². The summed E-state index contributed by atoms with van der Waals surface area (Å²) in [5.74, 6) is 0.371. The molecule has 0 aliphatic rings. The normalized spacial score (nSPS) is 11.8. The van der Waals surface area contributed by atoms with Crippen LogP contribution in [0.1, 0.15) is 12.0 Å². The van der Waals surface area contributed by atoms with Crippen LogP contribution in [0.25, 0.3) is 0 Å². The quantitative estimate of drug-likeness (QED) is 0.708. The van der Waals surface area contributed by atoms with E-state index in [9.17, 15) is 17.2 Å². The summed E-state index contributed by atoms with van der Waals surface area (Å²) in [5.41, 5.74) is 0.826. The second-order valence-electron chi connectivity index (χ2n) is 4.03. The molecule has 0 radical (unpaired) electrons. The lowest BCUT2D eigenvalue weighted by atomic mass is 10.1. The van der Waals surface area contributed by atoms with Crippen LogP contribution in [-0.2, 0) is 16.4 Å². The molecule has 8 heteroatoms. The van der Waals surface area contributed by atoms with Gasteiger partial charge in [-0.1, -0.05) is 12.1 Å². The minimum atomic E-state index is -3.30. The summed E-state index contributed by atoms with van der Waals surface area (Å²) in [5, 5.41) is 0. The minimum Gasteiger partial charge on any atom is -0.435 e. The largest absolute Gasteiger partial charge is 0.435 e. The SMILES string of the molecule is O=S(=O)(CCCCl)NCCc1ccc(OC(F)F)cc1. The first kappa shape index (κ1) is 17.1. The van der Waals surface area contributed by atoms with Gasteiger partial charge >= 0.3 is 6.61 Å². The van der Waals surface area contributed by atoms with E-state index in [0.29, 0.717) is 18.7 Å². The lowest BCUT2D eigenvalue weighted by Gasteiger charge is -2.07. The summed E-state index contributed by atoms with van der Waals surface area (Å²) >= 11 is 5.43. The van der Waals surface area contributed by atoms with Crippen LogP contribution in [0.5, 0.6) is 5.75 Å². The molecule has 20 heavy (non-hydrogen) atoms. The smallest absolute Gasteiger partial charge is 0.387 e. The van der Waals surface area contributed by atoms with Crippen LogP contribution in [0.3, 0.4) is 0 Å². The number of halogens is 3. The van der Waals surface area contributed by atoms with Crippen LogP contribution in [0.2, 0.25) is 0 Å². The molecule has 0 unspecified atom stereocenters. The Labute approximate surface area is 122 Å². The van der Waals surface area contributed by atoms with E-state index in [1.807, 2.05) is 0 Å². The van der Waals surface area contributed by atoms with Crippen molar-refractivity contribution in [3.05, 3.63) is 29.8 Å². The summed E-state index contributed by atoms with van der Waals surface area (Å²) in [6.07, 6.45) is 0.867. The maximum absolute atomic E-state index is 11.9. The third-order valence-corrected chi connectivity index (χ3v) is 4.17. The van der Waals surface area contributed by atoms with Gasteiger partial charge in [-0.2, -0.15) is 8.78 Å². The van der Waals surface area contributed by atoms with Crippen LogP contribution < -0.4 is 9.46 Å². The molecule has 0 amide bonds. The van der Waals surface area contributed by atoms with E-state index in [4.69, 9.17) is 11.6 Å². The van der Waals surface area contributed by atoms with E-state index in [2.05, 4.69) is 9.46 Å². The van der Waals surface area contributed by atoms with Crippen molar-refractivity contribution < 1.29 is 21.9 Å². The van der Waals surface area contributed by atoms with Crippen LogP contribution in [0, 0.1) is 0 Å². The van der Waals surface area contributed by atoms with E-state index in [0.717, 1.165) is 5.56 Å². The lowest BCUT2D eigenvalue weighted by molar-refractivity contribution is -0.0498. The molecule has 0 saturated heterocycles. The fourth-order valence-corrected chi connectivity index (χ4v) is 2.88. The molecule has 0 aliphatic carbocycles. The van der Waals surface area contributed by atoms with Gasteiger partial charge in [0.05, 0.1) is 5.75 Å². The maximum atomic E-state index is 11.9. The predicted octanol–water partition coefficient (Wildman–Crippen LogP) is 2.38. The number of rotatable bonds is 9. The van der Waals surface area contributed by atoms with Gasteiger partial charge in [-0.25, -0.2) is 13.1 Å². The Kier molecular flexibility index (Phi) is 7.18. The Morgan fingerprint density at radius 1 is 1.25 bits per heavy atom. The molecular weight excluding hydrogens is 312 g/mol. The Morgan fingerprint density at radius 3 is 2.45 bits per heavy atom. The summed E-state index contributed by atoms with van der Waals surface area (Å²) in [7, 11) is -3.30. The van der Waals surface area contributed by atoms with Gasteiger partial charge in [0, 0.05) is 12.4 Å². The number of sulfonamides is 1. The van der Waals surface area contributed by atoms with Crippen molar-refractivity contribution in [3.63, 3.8) is 0 Å². The maximum Gasteiger partial charge on any atom is 0.387 e. The zero-order chi connectivity index (χ0) is 15.0. The van der Waals surface area contributed by atoms with Crippen molar-refractivity contribution in [3.8, 4) is 5.75 Å². The average Bonchev–Trinajstić information content (AvgIpc) is 2.38. The molecule has 0 fully saturated rings. The molecule has 0 spiro atoms. The van der Waals surface area contributed by atoms with Gasteiger partial charge in [0.15, 0.2) is 0 Å². The Hall–Kier alpha value is -0.920. The fraction of sp³-hybridized carbons (Fsp3) is 0.500. The molecule has 4 nitrogen and oxygen atoms in total. The van der Waals surface area contributed by atoms with E-state index < -0.39 is 16.6 Å². The standard InChI is InChI=1S/C12H16ClF2NO3S/c13-7-1-9-20(17,18)16-8-6-10-2-4-11(5-3-10)19-12(14)15/h2-5,12,16H,1,6-9H2. The van der Waals surface area contributed by atoms with Crippen LogP contribution >= 0.6 is 11.6 Å². The Balaban J connectivity index is 2.39. The molecule has 114 valence electrons. The molecule has 1 aromatic carbocycles. The van der Waals surface area contributed by atoms with Crippen molar-refractivity contribution in [2.24, 2.45) is 0 Å². The van der Waals surface area contributed by atoms with Crippen molar-refractivity contribution >= 4 is 21.6 Å². The zero-order valence-electron chi connectivity index (χ0n) is 10.7. The highest BCUT2D eigenvalue weighted by atomic mass is 35.5. The summed E-state index contributed by atoms with van der Waals surface area (Å²) in [6.45, 7) is -2.60. The van der Waals surface area contributed by atoms with Crippen LogP contribution in [0.15, 0.2) is 24.3 Å². The molecular formula is C12H16ClF2NO3S. The molecule has 1 aromatic rings. The first-order valence-corrected chi connectivity index (χ1v) is 8.18. The van der Waals surface area contributed by atoms with Crippen molar-refractivity contribution in [2.75, 3.05) is 18.2 Å². The van der Waals surface area contributed by atoms with Crippen LogP contribution in [-0.4, -0.2) is 33.2 Å². The number of hydrogen-bond donors (Lipinski definition) is 1. The van der Waals surface area contributed by atoms with E-state index in [-0.39, 0.29) is 18.0 Å². The summed E-state index contributed by atoms with van der Waals surface area (Å²) in [4.78, 5) is 0. The number of nitrogens with one attached hydrogen (secondary N) is 1. The van der Waals surface area contributed by atoms with Crippen LogP contribution in [0.4, 0.5) is 8.78 Å². The highest BCUT2D eigenvalue weighted by molar-refractivity contribution is 7.89. The second-order valence-corrected chi connectivity index (χ2v) is 6.33. The third kappa shape index (κ3) is 7.02. The van der Waals surface area contributed by atoms with Gasteiger partial charge in [-0.3, -0.25) is 0 Å². The minimum absolute atomic E-state index is 0.00232. The summed E-state index contributed by atoms with van der Waals surface area (Å²) in [6, 6.07) is 6.07. The Morgan fingerprint density at radius 2 is 1.90 bits per heavy atom.